The number of phosphoric acid groups is 2. The number of unbranched alkanes of at least 4 members (excludes halogenated alkanes) is 38. The molecule has 0 heterocycles. The average molecular weight is 1300 g/mol. The Morgan fingerprint density at radius 1 is 0.307 bits per heavy atom. The highest BCUT2D eigenvalue weighted by Gasteiger charge is 2.30. The maximum absolute atomic E-state index is 13.0. The van der Waals surface area contributed by atoms with E-state index < -0.39 is 97.5 Å². The fraction of sp³-hybridized carbons (Fsp3) is 0.942. The summed E-state index contributed by atoms with van der Waals surface area (Å²) in [5.74, 6) is -0.609. The van der Waals surface area contributed by atoms with Crippen molar-refractivity contribution in [2.75, 3.05) is 39.6 Å². The van der Waals surface area contributed by atoms with Gasteiger partial charge in [0.25, 0.3) is 0 Å². The van der Waals surface area contributed by atoms with Crippen LogP contribution in [0.5, 0.6) is 0 Å². The van der Waals surface area contributed by atoms with E-state index in [9.17, 15) is 43.2 Å². The van der Waals surface area contributed by atoms with E-state index >= 15 is 0 Å². The lowest BCUT2D eigenvalue weighted by molar-refractivity contribution is -0.161. The first kappa shape index (κ1) is 86.1. The Balaban J connectivity index is 5.19. The highest BCUT2D eigenvalue weighted by molar-refractivity contribution is 7.47. The molecule has 0 radical (unpaired) electrons. The van der Waals surface area contributed by atoms with Crippen LogP contribution in [0.25, 0.3) is 0 Å². The van der Waals surface area contributed by atoms with Gasteiger partial charge < -0.3 is 33.8 Å². The fourth-order valence-corrected chi connectivity index (χ4v) is 12.0. The Morgan fingerprint density at radius 3 is 0.773 bits per heavy atom. The van der Waals surface area contributed by atoms with Gasteiger partial charge in [0.15, 0.2) is 12.2 Å². The zero-order valence-electron chi connectivity index (χ0n) is 57.0. The number of carbonyl (C=O) groups is 4. The largest absolute Gasteiger partial charge is 0.472 e. The number of rotatable bonds is 68. The SMILES string of the molecule is CCCCCCCCCCCCCCC(=O)OC[C@H](COP(=O)(O)OC[C@@H](O)COP(=O)(O)OC[C@@H](COC(=O)CCCCCCCCC)OC(=O)CCCCCCCCCCC(C)C)OC(=O)CCCCCCCCCCCCCCCCCC(C)C. The van der Waals surface area contributed by atoms with Crippen LogP contribution in [0.15, 0.2) is 0 Å². The second kappa shape index (κ2) is 61.3. The fourth-order valence-electron chi connectivity index (χ4n) is 10.4. The van der Waals surface area contributed by atoms with Crippen molar-refractivity contribution in [1.82, 2.24) is 0 Å². The number of ether oxygens (including phenoxy) is 4. The van der Waals surface area contributed by atoms with E-state index in [0.29, 0.717) is 25.7 Å². The van der Waals surface area contributed by atoms with Crippen LogP contribution in [0.2, 0.25) is 0 Å². The second-order valence-electron chi connectivity index (χ2n) is 25.9. The summed E-state index contributed by atoms with van der Waals surface area (Å²) in [4.78, 5) is 72.3. The van der Waals surface area contributed by atoms with Gasteiger partial charge in [0.1, 0.15) is 19.3 Å². The molecule has 0 aromatic rings. The Bertz CT molecular complexity index is 1720. The van der Waals surface area contributed by atoms with Crippen LogP contribution in [0, 0.1) is 11.8 Å². The molecule has 0 rings (SSSR count). The van der Waals surface area contributed by atoms with Crippen LogP contribution in [0.1, 0.15) is 350 Å². The van der Waals surface area contributed by atoms with Gasteiger partial charge >= 0.3 is 39.5 Å². The number of aliphatic hydroxyl groups excluding tert-OH is 1. The molecule has 0 aromatic heterocycles. The van der Waals surface area contributed by atoms with Crippen LogP contribution in [-0.4, -0.2) is 96.7 Å². The predicted octanol–water partition coefficient (Wildman–Crippen LogP) is 19.6. The quantitative estimate of drug-likeness (QED) is 0.0222. The molecular weight excluding hydrogens is 1160 g/mol. The molecule has 0 fully saturated rings. The Hall–Kier alpha value is -1.94. The first-order valence-corrected chi connectivity index (χ1v) is 39.0. The van der Waals surface area contributed by atoms with Gasteiger partial charge in [-0.1, -0.05) is 298 Å². The molecule has 0 aromatic carbocycles. The molecule has 0 aliphatic heterocycles. The molecule has 0 bridgehead atoms. The first-order valence-electron chi connectivity index (χ1n) is 36.0. The van der Waals surface area contributed by atoms with Crippen molar-refractivity contribution in [2.24, 2.45) is 11.8 Å². The first-order chi connectivity index (χ1) is 42.4. The highest BCUT2D eigenvalue weighted by Crippen LogP contribution is 2.45. The van der Waals surface area contributed by atoms with Crippen molar-refractivity contribution in [1.29, 1.82) is 0 Å². The van der Waals surface area contributed by atoms with Crippen LogP contribution in [0.4, 0.5) is 0 Å². The maximum Gasteiger partial charge on any atom is 0.472 e. The van der Waals surface area contributed by atoms with E-state index in [1.54, 1.807) is 0 Å². The van der Waals surface area contributed by atoms with Crippen molar-refractivity contribution in [2.45, 2.75) is 368 Å². The Kier molecular flexibility index (Phi) is 59.9. The third-order valence-corrected chi connectivity index (χ3v) is 17.9. The van der Waals surface area contributed by atoms with Gasteiger partial charge in [0.2, 0.25) is 0 Å². The zero-order chi connectivity index (χ0) is 65.0. The number of esters is 4. The van der Waals surface area contributed by atoms with Gasteiger partial charge in [-0.15, -0.1) is 0 Å². The number of aliphatic hydroxyl groups is 1. The van der Waals surface area contributed by atoms with Crippen molar-refractivity contribution in [3.63, 3.8) is 0 Å². The molecule has 5 atom stereocenters. The molecule has 0 amide bonds. The molecule has 88 heavy (non-hydrogen) atoms. The Morgan fingerprint density at radius 2 is 0.523 bits per heavy atom. The monoisotopic (exact) mass is 1300 g/mol. The summed E-state index contributed by atoms with van der Waals surface area (Å²) >= 11 is 0. The lowest BCUT2D eigenvalue weighted by Gasteiger charge is -2.21. The van der Waals surface area contributed by atoms with Gasteiger partial charge in [-0.2, -0.15) is 0 Å². The predicted molar refractivity (Wildman–Crippen MR) is 354 cm³/mol. The smallest absolute Gasteiger partial charge is 0.462 e. The van der Waals surface area contributed by atoms with Crippen LogP contribution < -0.4 is 0 Å². The Labute approximate surface area is 537 Å². The van der Waals surface area contributed by atoms with Crippen molar-refractivity contribution in [3.8, 4) is 0 Å². The summed E-state index contributed by atoms with van der Waals surface area (Å²) in [5, 5.41) is 10.6. The molecule has 2 unspecified atom stereocenters. The summed E-state index contributed by atoms with van der Waals surface area (Å²) in [6.45, 7) is 9.48. The average Bonchev–Trinajstić information content (AvgIpc) is 3.67. The summed E-state index contributed by atoms with van der Waals surface area (Å²) < 4.78 is 68.1. The number of hydrogen-bond donors (Lipinski definition) is 3. The van der Waals surface area contributed by atoms with Crippen molar-refractivity contribution < 1.29 is 80.2 Å². The highest BCUT2D eigenvalue weighted by atomic mass is 31.2. The van der Waals surface area contributed by atoms with Gasteiger partial charge in [0.05, 0.1) is 26.4 Å². The van der Waals surface area contributed by atoms with E-state index in [4.69, 9.17) is 37.0 Å². The molecule has 0 aliphatic rings. The lowest BCUT2D eigenvalue weighted by atomic mass is 10.0. The minimum atomic E-state index is -4.95. The minimum Gasteiger partial charge on any atom is -0.462 e. The van der Waals surface area contributed by atoms with E-state index in [2.05, 4.69) is 41.5 Å². The number of carbonyl (C=O) groups excluding carboxylic acids is 4. The number of phosphoric ester groups is 2. The van der Waals surface area contributed by atoms with E-state index in [1.807, 2.05) is 0 Å². The molecule has 0 saturated carbocycles. The van der Waals surface area contributed by atoms with Crippen molar-refractivity contribution in [3.05, 3.63) is 0 Å². The summed E-state index contributed by atoms with van der Waals surface area (Å²) in [5.41, 5.74) is 0. The topological polar surface area (TPSA) is 237 Å². The van der Waals surface area contributed by atoms with E-state index in [-0.39, 0.29) is 25.7 Å². The zero-order valence-corrected chi connectivity index (χ0v) is 58.8. The molecule has 19 heteroatoms. The molecule has 17 nitrogen and oxygen atoms in total. The maximum atomic E-state index is 13.0. The van der Waals surface area contributed by atoms with Gasteiger partial charge in [-0.3, -0.25) is 37.3 Å². The van der Waals surface area contributed by atoms with E-state index in [0.717, 1.165) is 115 Å². The van der Waals surface area contributed by atoms with Gasteiger partial charge in [-0.25, -0.2) is 9.13 Å². The van der Waals surface area contributed by atoms with Gasteiger partial charge in [-0.05, 0) is 37.5 Å². The third kappa shape index (κ3) is 62.8. The van der Waals surface area contributed by atoms with Crippen LogP contribution >= 0.6 is 15.6 Å². The second-order valence-corrected chi connectivity index (χ2v) is 28.8. The molecule has 0 saturated heterocycles. The van der Waals surface area contributed by atoms with Gasteiger partial charge in [0, 0.05) is 25.7 Å². The molecule has 522 valence electrons. The molecule has 0 spiro atoms. The van der Waals surface area contributed by atoms with Crippen molar-refractivity contribution >= 4 is 39.5 Å². The van der Waals surface area contributed by atoms with Crippen LogP contribution in [0.3, 0.4) is 0 Å². The van der Waals surface area contributed by atoms with Crippen LogP contribution in [-0.2, 0) is 65.4 Å². The summed E-state index contributed by atoms with van der Waals surface area (Å²) in [6, 6.07) is 0. The number of hydrogen-bond acceptors (Lipinski definition) is 15. The van der Waals surface area contributed by atoms with E-state index in [1.165, 1.54) is 154 Å². The third-order valence-electron chi connectivity index (χ3n) is 16.0. The lowest BCUT2D eigenvalue weighted by Crippen LogP contribution is -2.30. The minimum absolute atomic E-state index is 0.104. The summed E-state index contributed by atoms with van der Waals surface area (Å²) in [6.07, 6.45) is 46.0. The standard InChI is InChI=1S/C69H134O17P2/c1-7-9-11-13-15-16-17-24-27-34-40-46-52-67(72)80-58-65(85-68(73)53-47-41-35-28-25-22-20-18-19-21-23-26-32-37-43-49-61(3)4)60-84-88(77,78)82-56-63(70)55-81-87(75,76)83-59-64(57-79-66(71)51-45-39-31-14-12-10-8-2)86-69(74)54-48-42-36-30-29-33-38-44-50-62(5)6/h61-65,70H,7-60H2,1-6H3,(H,75,76)(H,77,78)/t63-,64+,65+/m0/s1. The molecular formula is C69H134O17P2. The summed E-state index contributed by atoms with van der Waals surface area (Å²) in [7, 11) is -9.89. The normalized spacial score (nSPS) is 14.2. The molecule has 0 aliphatic carbocycles. The molecule has 3 N–H and O–H groups in total.